The number of aliphatic hydroxyl groups is 1. The summed E-state index contributed by atoms with van der Waals surface area (Å²) in [5, 5.41) is 13.3. The highest BCUT2D eigenvalue weighted by atomic mass is 35.5. The molecule has 1 aliphatic rings. The van der Waals surface area contributed by atoms with Gasteiger partial charge in [0, 0.05) is 24.6 Å². The summed E-state index contributed by atoms with van der Waals surface area (Å²) < 4.78 is 6.86. The minimum absolute atomic E-state index is 0.157. The van der Waals surface area contributed by atoms with E-state index in [1.54, 1.807) is 17.1 Å². The molecular formula is C23H20ClN3O3. The van der Waals surface area contributed by atoms with Crippen LogP contribution >= 0.6 is 11.6 Å². The summed E-state index contributed by atoms with van der Waals surface area (Å²) in [4.78, 5) is 22.2. The standard InChI is InChI=1S/C23H20ClN3O3/c24-22-14(4-3-8-25-22)10-15-11-18-21(17-6-2-1-5-16(15)17)26-13-27(23(18)29)19-7-9-30-12-20(19)28/h1-6,8,11,13,19-20,28H,7,9-10,12H2/t19-,20-/m0/s1. The lowest BCUT2D eigenvalue weighted by molar-refractivity contribution is -0.0395. The molecule has 152 valence electrons. The molecule has 0 bridgehead atoms. The largest absolute Gasteiger partial charge is 0.389 e. The first-order chi connectivity index (χ1) is 14.6. The van der Waals surface area contributed by atoms with Crippen LogP contribution in [-0.4, -0.2) is 39.0 Å². The molecule has 1 fully saturated rings. The molecule has 0 unspecified atom stereocenters. The number of nitrogens with zero attached hydrogens (tertiary/aromatic N) is 3. The Kier molecular flexibility index (Phi) is 4.98. The maximum atomic E-state index is 13.4. The molecular weight excluding hydrogens is 402 g/mol. The van der Waals surface area contributed by atoms with Crippen LogP contribution in [0, 0.1) is 0 Å². The van der Waals surface area contributed by atoms with Gasteiger partial charge < -0.3 is 9.84 Å². The number of hydrogen-bond acceptors (Lipinski definition) is 5. The van der Waals surface area contributed by atoms with Crippen LogP contribution in [0.1, 0.15) is 23.6 Å². The SMILES string of the molecule is O=c1c2cc(Cc3cccnc3Cl)c3ccccc3c2ncn1[C@H]1CCOC[C@@H]1O. The summed E-state index contributed by atoms with van der Waals surface area (Å²) in [5.41, 5.74) is 2.38. The Balaban J connectivity index is 1.72. The van der Waals surface area contributed by atoms with E-state index < -0.39 is 6.10 Å². The van der Waals surface area contributed by atoms with Crippen LogP contribution in [0.25, 0.3) is 21.7 Å². The molecule has 6 nitrogen and oxygen atoms in total. The third-order valence-electron chi connectivity index (χ3n) is 5.74. The minimum Gasteiger partial charge on any atom is -0.389 e. The maximum Gasteiger partial charge on any atom is 0.261 e. The lowest BCUT2D eigenvalue weighted by atomic mass is 9.96. The van der Waals surface area contributed by atoms with Crippen LogP contribution in [0.5, 0.6) is 0 Å². The molecule has 0 radical (unpaired) electrons. The zero-order valence-electron chi connectivity index (χ0n) is 16.2. The monoisotopic (exact) mass is 421 g/mol. The van der Waals surface area contributed by atoms with E-state index in [1.807, 2.05) is 42.5 Å². The van der Waals surface area contributed by atoms with Crippen molar-refractivity contribution in [2.24, 2.45) is 0 Å². The van der Waals surface area contributed by atoms with E-state index in [9.17, 15) is 9.90 Å². The summed E-state index contributed by atoms with van der Waals surface area (Å²) in [5.74, 6) is 0. The molecule has 0 amide bonds. The molecule has 3 heterocycles. The molecule has 0 spiro atoms. The Bertz CT molecular complexity index is 1300. The second-order valence-electron chi connectivity index (χ2n) is 7.56. The fraction of sp³-hybridized carbons (Fsp3) is 0.261. The Hall–Kier alpha value is -2.80. The highest BCUT2D eigenvalue weighted by molar-refractivity contribution is 6.30. The molecule has 2 aromatic carbocycles. The first-order valence-electron chi connectivity index (χ1n) is 9.90. The first kappa shape index (κ1) is 19.2. The van der Waals surface area contributed by atoms with Gasteiger partial charge in [0.15, 0.2) is 0 Å². The molecule has 2 atom stereocenters. The summed E-state index contributed by atoms with van der Waals surface area (Å²) in [6.07, 6.45) is 3.60. The van der Waals surface area contributed by atoms with E-state index in [0.717, 1.165) is 21.9 Å². The zero-order valence-corrected chi connectivity index (χ0v) is 16.9. The van der Waals surface area contributed by atoms with E-state index in [-0.39, 0.29) is 18.2 Å². The molecule has 0 aliphatic carbocycles. The van der Waals surface area contributed by atoms with Crippen LogP contribution in [0.3, 0.4) is 0 Å². The quantitative estimate of drug-likeness (QED) is 0.404. The number of fused-ring (bicyclic) bond motifs is 3. The van der Waals surface area contributed by atoms with Gasteiger partial charge in [-0.25, -0.2) is 9.97 Å². The summed E-state index contributed by atoms with van der Waals surface area (Å²) >= 11 is 6.29. The minimum atomic E-state index is -0.732. The van der Waals surface area contributed by atoms with Gasteiger partial charge in [0.05, 0.1) is 36.0 Å². The predicted octanol–water partition coefficient (Wildman–Crippen LogP) is 3.51. The normalized spacial score (nSPS) is 19.4. The molecule has 5 rings (SSSR count). The number of ether oxygens (including phenoxy) is 1. The Morgan fingerprint density at radius 2 is 1.93 bits per heavy atom. The highest BCUT2D eigenvalue weighted by Crippen LogP contribution is 2.29. The summed E-state index contributed by atoms with van der Waals surface area (Å²) in [7, 11) is 0. The number of hydrogen-bond donors (Lipinski definition) is 1. The summed E-state index contributed by atoms with van der Waals surface area (Å²) in [6, 6.07) is 13.3. The second kappa shape index (κ2) is 7.80. The number of pyridine rings is 1. The van der Waals surface area contributed by atoms with Crippen molar-refractivity contribution in [3.63, 3.8) is 0 Å². The van der Waals surface area contributed by atoms with Crippen LogP contribution in [-0.2, 0) is 11.2 Å². The van der Waals surface area contributed by atoms with E-state index in [1.165, 1.54) is 0 Å². The van der Waals surface area contributed by atoms with Crippen molar-refractivity contribution in [1.29, 1.82) is 0 Å². The lowest BCUT2D eigenvalue weighted by Gasteiger charge is -2.29. The molecule has 7 heteroatoms. The third kappa shape index (κ3) is 3.27. The van der Waals surface area contributed by atoms with Gasteiger partial charge in [-0.1, -0.05) is 41.9 Å². The Labute approximate surface area is 177 Å². The fourth-order valence-electron chi connectivity index (χ4n) is 4.22. The number of aromatic nitrogens is 3. The van der Waals surface area contributed by atoms with Crippen molar-refractivity contribution in [3.8, 4) is 0 Å². The van der Waals surface area contributed by atoms with Gasteiger partial charge in [-0.2, -0.15) is 0 Å². The number of halogens is 1. The van der Waals surface area contributed by atoms with Crippen molar-refractivity contribution in [1.82, 2.24) is 14.5 Å². The first-order valence-corrected chi connectivity index (χ1v) is 10.3. The number of aliphatic hydroxyl groups excluding tert-OH is 1. The van der Waals surface area contributed by atoms with Gasteiger partial charge in [-0.3, -0.25) is 9.36 Å². The average Bonchev–Trinajstić information content (AvgIpc) is 2.77. The number of benzene rings is 2. The van der Waals surface area contributed by atoms with Gasteiger partial charge in [0.2, 0.25) is 0 Å². The molecule has 0 saturated carbocycles. The predicted molar refractivity (Wildman–Crippen MR) is 116 cm³/mol. The maximum absolute atomic E-state index is 13.4. The van der Waals surface area contributed by atoms with Gasteiger partial charge in [-0.05, 0) is 35.1 Å². The number of rotatable bonds is 3. The van der Waals surface area contributed by atoms with Crippen LogP contribution in [0.4, 0.5) is 0 Å². The van der Waals surface area contributed by atoms with Crippen molar-refractivity contribution < 1.29 is 9.84 Å². The average molecular weight is 422 g/mol. The molecule has 4 aromatic rings. The van der Waals surface area contributed by atoms with Crippen molar-refractivity contribution in [2.75, 3.05) is 13.2 Å². The molecule has 30 heavy (non-hydrogen) atoms. The van der Waals surface area contributed by atoms with E-state index >= 15 is 0 Å². The van der Waals surface area contributed by atoms with E-state index in [0.29, 0.717) is 35.5 Å². The molecule has 2 aromatic heterocycles. The molecule has 1 saturated heterocycles. The lowest BCUT2D eigenvalue weighted by Crippen LogP contribution is -2.39. The zero-order chi connectivity index (χ0) is 20.7. The molecule has 1 N–H and O–H groups in total. The van der Waals surface area contributed by atoms with Crippen molar-refractivity contribution >= 4 is 33.3 Å². The molecule has 1 aliphatic heterocycles. The van der Waals surface area contributed by atoms with Gasteiger partial charge in [0.1, 0.15) is 5.15 Å². The van der Waals surface area contributed by atoms with Crippen LogP contribution in [0.15, 0.2) is 59.8 Å². The van der Waals surface area contributed by atoms with Gasteiger partial charge in [0.25, 0.3) is 5.56 Å². The second-order valence-corrected chi connectivity index (χ2v) is 7.92. The Morgan fingerprint density at radius 3 is 2.73 bits per heavy atom. The fourth-order valence-corrected chi connectivity index (χ4v) is 4.41. The van der Waals surface area contributed by atoms with E-state index in [2.05, 4.69) is 9.97 Å². The topological polar surface area (TPSA) is 77.2 Å². The Morgan fingerprint density at radius 1 is 1.10 bits per heavy atom. The van der Waals surface area contributed by atoms with Gasteiger partial charge in [-0.15, -0.1) is 0 Å². The third-order valence-corrected chi connectivity index (χ3v) is 6.08. The van der Waals surface area contributed by atoms with Gasteiger partial charge >= 0.3 is 0 Å². The van der Waals surface area contributed by atoms with Crippen molar-refractivity contribution in [3.05, 3.63) is 81.6 Å². The smallest absolute Gasteiger partial charge is 0.261 e. The highest BCUT2D eigenvalue weighted by Gasteiger charge is 2.27. The van der Waals surface area contributed by atoms with Crippen LogP contribution in [0.2, 0.25) is 5.15 Å². The summed E-state index contributed by atoms with van der Waals surface area (Å²) in [6.45, 7) is 0.728. The van der Waals surface area contributed by atoms with Crippen LogP contribution < -0.4 is 5.56 Å². The van der Waals surface area contributed by atoms with E-state index in [4.69, 9.17) is 16.3 Å². The van der Waals surface area contributed by atoms with Crippen molar-refractivity contribution in [2.45, 2.75) is 25.0 Å².